The highest BCUT2D eigenvalue weighted by Gasteiger charge is 2.22. The fraction of sp³-hybridized carbons (Fsp3) is 0.632. The number of rotatable bonds is 7. The van der Waals surface area contributed by atoms with E-state index in [2.05, 4.69) is 44.6 Å². The monoisotopic (exact) mass is 485 g/mol. The minimum atomic E-state index is 0. The molecule has 1 aliphatic rings. The van der Waals surface area contributed by atoms with E-state index in [4.69, 9.17) is 0 Å². The average molecular weight is 485 g/mol. The summed E-state index contributed by atoms with van der Waals surface area (Å²) in [5.41, 5.74) is 0.860. The molecule has 0 radical (unpaired) electrons. The van der Waals surface area contributed by atoms with E-state index < -0.39 is 0 Å². The van der Waals surface area contributed by atoms with Gasteiger partial charge in [-0.05, 0) is 50.4 Å². The van der Waals surface area contributed by atoms with E-state index in [1.54, 1.807) is 0 Å². The van der Waals surface area contributed by atoms with Gasteiger partial charge in [0.15, 0.2) is 17.4 Å². The van der Waals surface area contributed by atoms with Crippen LogP contribution in [-0.2, 0) is 6.54 Å². The molecule has 0 bridgehead atoms. The third-order valence-electron chi connectivity index (χ3n) is 4.93. The normalized spacial score (nSPS) is 16.5. The molecule has 1 atom stereocenters. The third-order valence-corrected chi connectivity index (χ3v) is 4.93. The van der Waals surface area contributed by atoms with Crippen molar-refractivity contribution < 1.29 is 0 Å². The first-order valence-corrected chi connectivity index (χ1v) is 9.64. The molecular formula is C19H32IN7. The molecule has 3 heterocycles. The second-order valence-electron chi connectivity index (χ2n) is 7.38. The van der Waals surface area contributed by atoms with E-state index in [1.165, 1.54) is 32.4 Å². The standard InChI is InChI=1S/C19H31N7.HI/c1-15(2)12-16(25-9-6-7-10-25)13-21-19(20-3)22-14-18-24-23-17-8-4-5-11-26(17)18;/h4-5,8,11,15-16H,6-7,9-10,12-14H2,1-3H3,(H2,20,21,22);1H. The highest BCUT2D eigenvalue weighted by Crippen LogP contribution is 2.17. The smallest absolute Gasteiger partial charge is 0.191 e. The Bertz CT molecular complexity index is 722. The number of hydrogen-bond acceptors (Lipinski definition) is 4. The van der Waals surface area contributed by atoms with E-state index in [-0.39, 0.29) is 24.0 Å². The molecule has 0 saturated carbocycles. The molecule has 2 aromatic heterocycles. The minimum absolute atomic E-state index is 0. The molecule has 2 aromatic rings. The zero-order chi connectivity index (χ0) is 18.4. The van der Waals surface area contributed by atoms with Crippen molar-refractivity contribution in [3.05, 3.63) is 30.2 Å². The second kappa shape index (κ2) is 10.8. The van der Waals surface area contributed by atoms with Crippen molar-refractivity contribution in [2.75, 3.05) is 26.7 Å². The van der Waals surface area contributed by atoms with Crippen LogP contribution < -0.4 is 10.6 Å². The van der Waals surface area contributed by atoms with Gasteiger partial charge in [0.1, 0.15) is 0 Å². The van der Waals surface area contributed by atoms with Gasteiger partial charge in [0.25, 0.3) is 0 Å². The summed E-state index contributed by atoms with van der Waals surface area (Å²) in [4.78, 5) is 6.98. The summed E-state index contributed by atoms with van der Waals surface area (Å²) in [6.07, 6.45) is 5.83. The fourth-order valence-electron chi connectivity index (χ4n) is 3.62. The van der Waals surface area contributed by atoms with Gasteiger partial charge in [-0.15, -0.1) is 34.2 Å². The summed E-state index contributed by atoms with van der Waals surface area (Å²) >= 11 is 0. The summed E-state index contributed by atoms with van der Waals surface area (Å²) in [7, 11) is 1.81. The van der Waals surface area contributed by atoms with Gasteiger partial charge in [0, 0.05) is 25.8 Å². The number of aromatic nitrogens is 3. The summed E-state index contributed by atoms with van der Waals surface area (Å²) in [5, 5.41) is 15.3. The Morgan fingerprint density at radius 1 is 1.19 bits per heavy atom. The molecule has 2 N–H and O–H groups in total. The summed E-state index contributed by atoms with van der Waals surface area (Å²) in [6, 6.07) is 6.47. The van der Waals surface area contributed by atoms with Gasteiger partial charge in [-0.25, -0.2) is 0 Å². The molecule has 27 heavy (non-hydrogen) atoms. The Hall–Kier alpha value is -1.42. The average Bonchev–Trinajstić information content (AvgIpc) is 3.30. The van der Waals surface area contributed by atoms with Gasteiger partial charge in [-0.2, -0.15) is 0 Å². The van der Waals surface area contributed by atoms with Crippen LogP contribution in [0.15, 0.2) is 29.4 Å². The Balaban J connectivity index is 0.00000261. The lowest BCUT2D eigenvalue weighted by Gasteiger charge is -2.29. The number of aliphatic imine (C=N–C) groups is 1. The van der Waals surface area contributed by atoms with Crippen LogP contribution >= 0.6 is 24.0 Å². The Kier molecular flexibility index (Phi) is 8.75. The number of hydrogen-bond donors (Lipinski definition) is 2. The van der Waals surface area contributed by atoms with Crippen molar-refractivity contribution in [2.45, 2.75) is 45.7 Å². The Morgan fingerprint density at radius 3 is 2.67 bits per heavy atom. The van der Waals surface area contributed by atoms with E-state index >= 15 is 0 Å². The molecule has 1 saturated heterocycles. The second-order valence-corrected chi connectivity index (χ2v) is 7.38. The summed E-state index contributed by atoms with van der Waals surface area (Å²) < 4.78 is 1.99. The quantitative estimate of drug-likeness (QED) is 0.359. The molecule has 0 aliphatic carbocycles. The highest BCUT2D eigenvalue weighted by molar-refractivity contribution is 14.0. The van der Waals surface area contributed by atoms with Crippen molar-refractivity contribution in [2.24, 2.45) is 10.9 Å². The number of likely N-dealkylation sites (tertiary alicyclic amines) is 1. The molecule has 0 aromatic carbocycles. The van der Waals surface area contributed by atoms with Crippen LogP contribution in [0.1, 0.15) is 38.9 Å². The van der Waals surface area contributed by atoms with Gasteiger partial charge < -0.3 is 10.6 Å². The van der Waals surface area contributed by atoms with Crippen molar-refractivity contribution in [1.29, 1.82) is 0 Å². The lowest BCUT2D eigenvalue weighted by molar-refractivity contribution is 0.213. The maximum atomic E-state index is 4.36. The minimum Gasteiger partial charge on any atom is -0.355 e. The zero-order valence-corrected chi connectivity index (χ0v) is 18.9. The van der Waals surface area contributed by atoms with E-state index in [0.29, 0.717) is 18.5 Å². The van der Waals surface area contributed by atoms with Crippen LogP contribution in [-0.4, -0.2) is 58.2 Å². The fourth-order valence-corrected chi connectivity index (χ4v) is 3.62. The van der Waals surface area contributed by atoms with Crippen LogP contribution in [0.3, 0.4) is 0 Å². The van der Waals surface area contributed by atoms with Crippen molar-refractivity contribution in [1.82, 2.24) is 30.1 Å². The van der Waals surface area contributed by atoms with Crippen LogP contribution in [0, 0.1) is 5.92 Å². The highest BCUT2D eigenvalue weighted by atomic mass is 127. The van der Waals surface area contributed by atoms with Crippen molar-refractivity contribution in [3.63, 3.8) is 0 Å². The zero-order valence-electron chi connectivity index (χ0n) is 16.6. The molecule has 150 valence electrons. The van der Waals surface area contributed by atoms with Crippen LogP contribution in [0.25, 0.3) is 5.65 Å². The van der Waals surface area contributed by atoms with Gasteiger partial charge in [-0.1, -0.05) is 19.9 Å². The predicted molar refractivity (Wildman–Crippen MR) is 121 cm³/mol. The first kappa shape index (κ1) is 21.9. The van der Waals surface area contributed by atoms with E-state index in [0.717, 1.165) is 24.0 Å². The molecule has 1 unspecified atom stereocenters. The van der Waals surface area contributed by atoms with Crippen LogP contribution in [0.2, 0.25) is 0 Å². The molecule has 0 spiro atoms. The maximum Gasteiger partial charge on any atom is 0.191 e. The molecule has 8 heteroatoms. The Labute approximate surface area is 179 Å². The van der Waals surface area contributed by atoms with Gasteiger partial charge >= 0.3 is 0 Å². The SMILES string of the molecule is CN=C(NCc1nnc2ccccn12)NCC(CC(C)C)N1CCCC1.I. The number of fused-ring (bicyclic) bond motifs is 1. The first-order valence-electron chi connectivity index (χ1n) is 9.64. The van der Waals surface area contributed by atoms with Crippen molar-refractivity contribution in [3.8, 4) is 0 Å². The molecular weight excluding hydrogens is 453 g/mol. The largest absolute Gasteiger partial charge is 0.355 e. The number of nitrogens with one attached hydrogen (secondary N) is 2. The molecule has 7 nitrogen and oxygen atoms in total. The third kappa shape index (κ3) is 6.03. The summed E-state index contributed by atoms with van der Waals surface area (Å²) in [5.74, 6) is 2.38. The lowest BCUT2D eigenvalue weighted by atomic mass is 10.0. The van der Waals surface area contributed by atoms with Gasteiger partial charge in [0.05, 0.1) is 6.54 Å². The number of nitrogens with zero attached hydrogens (tertiary/aromatic N) is 5. The first-order chi connectivity index (χ1) is 12.7. The topological polar surface area (TPSA) is 69.8 Å². The number of halogens is 1. The molecule has 3 rings (SSSR count). The number of guanidine groups is 1. The summed E-state index contributed by atoms with van der Waals surface area (Å²) in [6.45, 7) is 8.54. The van der Waals surface area contributed by atoms with Gasteiger partial charge in [0.2, 0.25) is 0 Å². The molecule has 0 amide bonds. The molecule has 1 fully saturated rings. The maximum absolute atomic E-state index is 4.36. The van der Waals surface area contributed by atoms with Crippen LogP contribution in [0.5, 0.6) is 0 Å². The van der Waals surface area contributed by atoms with Crippen molar-refractivity contribution >= 4 is 35.6 Å². The van der Waals surface area contributed by atoms with Crippen LogP contribution in [0.4, 0.5) is 0 Å². The lowest BCUT2D eigenvalue weighted by Crippen LogP contribution is -2.46. The number of pyridine rings is 1. The van der Waals surface area contributed by atoms with E-state index in [1.807, 2.05) is 35.8 Å². The predicted octanol–water partition coefficient (Wildman–Crippen LogP) is 2.52. The van der Waals surface area contributed by atoms with Gasteiger partial charge in [-0.3, -0.25) is 14.3 Å². The molecule has 1 aliphatic heterocycles. The van der Waals surface area contributed by atoms with E-state index in [9.17, 15) is 0 Å². The Morgan fingerprint density at radius 2 is 1.96 bits per heavy atom.